The standard InChI is InChI=1S/C21H25F3N5O2.C10H20N2.Li/c1-2-15-6-3-4-7-17(15)27-20-26-14-16(21(22,23)24)19(28-20)25-9-5-10-29-11-13-31-12-8-18(29)30;1-4-12(5-2)10-6-8-11(3)9-7-10;/h4,6-7,14H,2,5,8-13H2,1H3,(H2,25,26,27,28);10H,1-2,4-9H2,3H3;/q-1;-2;+1. The van der Waals surface area contributed by atoms with Crippen molar-refractivity contribution in [1.82, 2.24) is 24.7 Å². The number of halogens is 3. The second kappa shape index (κ2) is 19.2. The van der Waals surface area contributed by atoms with Crippen molar-refractivity contribution >= 4 is 23.4 Å². The van der Waals surface area contributed by atoms with Crippen LogP contribution in [-0.2, 0) is 22.1 Å². The molecule has 0 unspecified atom stereocenters. The Morgan fingerprint density at radius 3 is 2.57 bits per heavy atom. The van der Waals surface area contributed by atoms with E-state index in [0.717, 1.165) is 37.3 Å². The molecule has 0 saturated carbocycles. The van der Waals surface area contributed by atoms with E-state index in [1.54, 1.807) is 23.1 Å². The Morgan fingerprint density at radius 1 is 1.18 bits per heavy atom. The summed E-state index contributed by atoms with van der Waals surface area (Å²) in [7, 11) is 2.19. The number of alkyl halides is 3. The van der Waals surface area contributed by atoms with E-state index >= 15 is 0 Å². The van der Waals surface area contributed by atoms with E-state index in [-0.39, 0.29) is 43.1 Å². The Bertz CT molecular complexity index is 1130. The van der Waals surface area contributed by atoms with Gasteiger partial charge in [0.15, 0.2) is 0 Å². The summed E-state index contributed by atoms with van der Waals surface area (Å²) in [5.41, 5.74) is 0.731. The molecule has 2 saturated heterocycles. The van der Waals surface area contributed by atoms with E-state index in [1.807, 2.05) is 6.92 Å². The summed E-state index contributed by atoms with van der Waals surface area (Å²) in [5, 5.41) is 5.74. The van der Waals surface area contributed by atoms with E-state index < -0.39 is 11.7 Å². The Labute approximate surface area is 272 Å². The van der Waals surface area contributed by atoms with Gasteiger partial charge in [0, 0.05) is 31.9 Å². The van der Waals surface area contributed by atoms with Crippen LogP contribution in [0.25, 0.3) is 0 Å². The molecule has 0 bridgehead atoms. The molecule has 0 atom stereocenters. The van der Waals surface area contributed by atoms with Crippen molar-refractivity contribution in [3.63, 3.8) is 0 Å². The first-order valence-corrected chi connectivity index (χ1v) is 15.0. The maximum atomic E-state index is 13.4. The fraction of sp³-hybridized carbons (Fsp3) is 0.581. The number of carbonyl (C=O) groups is 1. The largest absolute Gasteiger partial charge is 1.00 e. The minimum absolute atomic E-state index is 0. The average Bonchev–Trinajstić information content (AvgIpc) is 3.20. The number of benzene rings is 1. The smallest absolute Gasteiger partial charge is 0.379 e. The summed E-state index contributed by atoms with van der Waals surface area (Å²) in [4.78, 5) is 26.3. The Hall–Kier alpha value is -2.36. The van der Waals surface area contributed by atoms with Gasteiger partial charge in [-0.1, -0.05) is 19.0 Å². The number of carbonyl (C=O) groups excluding carboxylic acids is 1. The maximum absolute atomic E-state index is 13.4. The number of nitrogens with one attached hydrogen (secondary N) is 2. The van der Waals surface area contributed by atoms with Crippen LogP contribution in [-0.4, -0.2) is 103 Å². The number of hydrogen-bond acceptors (Lipinski definition) is 8. The normalized spacial score (nSPS) is 16.5. The molecule has 9 nitrogen and oxygen atoms in total. The van der Waals surface area contributed by atoms with Crippen LogP contribution in [0, 0.1) is 19.9 Å². The second-order valence-electron chi connectivity index (χ2n) is 10.6. The average molecular weight is 612 g/mol. The summed E-state index contributed by atoms with van der Waals surface area (Å²) in [6.45, 7) is 16.1. The van der Waals surface area contributed by atoms with E-state index in [4.69, 9.17) is 4.74 Å². The van der Waals surface area contributed by atoms with Crippen molar-refractivity contribution in [2.75, 3.05) is 76.7 Å². The minimum atomic E-state index is -4.59. The summed E-state index contributed by atoms with van der Waals surface area (Å²) < 4.78 is 45.5. The van der Waals surface area contributed by atoms with Crippen LogP contribution in [0.15, 0.2) is 24.4 Å². The first-order chi connectivity index (χ1) is 20.7. The number of amides is 1. The van der Waals surface area contributed by atoms with Crippen LogP contribution >= 0.6 is 0 Å². The van der Waals surface area contributed by atoms with E-state index in [2.05, 4.69) is 57.4 Å². The van der Waals surface area contributed by atoms with Crippen molar-refractivity contribution in [3.8, 4) is 0 Å². The summed E-state index contributed by atoms with van der Waals surface area (Å²) in [6.07, 6.45) is 0.270. The third-order valence-corrected chi connectivity index (χ3v) is 7.67. The molecule has 2 aliphatic heterocycles. The van der Waals surface area contributed by atoms with Gasteiger partial charge < -0.3 is 43.9 Å². The van der Waals surface area contributed by atoms with Crippen molar-refractivity contribution in [3.05, 3.63) is 55.4 Å². The number of piperidine rings is 1. The van der Waals surface area contributed by atoms with E-state index in [1.165, 1.54) is 25.9 Å². The van der Waals surface area contributed by atoms with Crippen LogP contribution in [0.3, 0.4) is 0 Å². The van der Waals surface area contributed by atoms with Gasteiger partial charge in [0.25, 0.3) is 0 Å². The molecule has 2 aliphatic rings. The van der Waals surface area contributed by atoms with E-state index in [9.17, 15) is 18.0 Å². The van der Waals surface area contributed by atoms with Gasteiger partial charge >= 0.3 is 25.0 Å². The zero-order valence-corrected chi connectivity index (χ0v) is 26.4. The predicted molar refractivity (Wildman–Crippen MR) is 163 cm³/mol. The van der Waals surface area contributed by atoms with Crippen molar-refractivity contribution in [1.29, 1.82) is 0 Å². The van der Waals surface area contributed by atoms with Gasteiger partial charge in [0.1, 0.15) is 11.4 Å². The van der Waals surface area contributed by atoms with E-state index in [0.29, 0.717) is 44.8 Å². The molecule has 13 heteroatoms. The zero-order chi connectivity index (χ0) is 31.2. The third-order valence-electron chi connectivity index (χ3n) is 7.67. The maximum Gasteiger partial charge on any atom is 1.00 e. The van der Waals surface area contributed by atoms with Crippen LogP contribution in [0.2, 0.25) is 0 Å². The number of rotatable bonds is 11. The van der Waals surface area contributed by atoms with Crippen LogP contribution < -0.4 is 29.5 Å². The van der Waals surface area contributed by atoms with Crippen molar-refractivity contribution < 1.29 is 41.6 Å². The van der Waals surface area contributed by atoms with Crippen molar-refractivity contribution in [2.45, 2.75) is 51.2 Å². The molecular weight excluding hydrogens is 566 g/mol. The van der Waals surface area contributed by atoms with Crippen molar-refractivity contribution in [2.24, 2.45) is 0 Å². The first-order valence-electron chi connectivity index (χ1n) is 15.0. The van der Waals surface area contributed by atoms with Crippen LogP contribution in [0.5, 0.6) is 0 Å². The molecule has 1 aromatic carbocycles. The number of nitrogens with zero attached hydrogens (tertiary/aromatic N) is 5. The minimum Gasteiger partial charge on any atom is -0.379 e. The molecule has 2 N–H and O–H groups in total. The van der Waals surface area contributed by atoms with Crippen LogP contribution in [0.4, 0.5) is 30.6 Å². The first kappa shape index (κ1) is 37.8. The Morgan fingerprint density at radius 2 is 1.91 bits per heavy atom. The number of aromatic nitrogens is 2. The van der Waals surface area contributed by atoms with Crippen LogP contribution in [0.1, 0.15) is 43.7 Å². The molecule has 2 fully saturated rings. The summed E-state index contributed by atoms with van der Waals surface area (Å²) in [5.74, 6) is -0.235. The molecule has 1 amide bonds. The second-order valence-corrected chi connectivity index (χ2v) is 10.6. The molecule has 0 radical (unpaired) electrons. The number of aryl methyl sites for hydroxylation is 1. The molecule has 3 heterocycles. The zero-order valence-electron chi connectivity index (χ0n) is 26.4. The van der Waals surface area contributed by atoms with Gasteiger partial charge in [-0.15, -0.1) is 24.7 Å². The molecular formula is C31H45F3LiN7O2-2. The van der Waals surface area contributed by atoms with Gasteiger partial charge in [-0.2, -0.15) is 36.4 Å². The molecule has 240 valence electrons. The Kier molecular flexibility index (Phi) is 16.5. The predicted octanol–water partition coefficient (Wildman–Crippen LogP) is 1.71. The van der Waals surface area contributed by atoms with Gasteiger partial charge in [-0.05, 0) is 39.4 Å². The molecule has 1 aromatic heterocycles. The molecule has 4 rings (SSSR count). The summed E-state index contributed by atoms with van der Waals surface area (Å²) >= 11 is 0. The fourth-order valence-electron chi connectivity index (χ4n) is 5.05. The van der Waals surface area contributed by atoms with Gasteiger partial charge in [0.2, 0.25) is 11.9 Å². The number of hydrogen-bond donors (Lipinski definition) is 2. The topological polar surface area (TPSA) is 85.9 Å². The number of likely N-dealkylation sites (tertiary alicyclic amines) is 1. The molecule has 0 spiro atoms. The van der Waals surface area contributed by atoms with Gasteiger partial charge in [0.05, 0.1) is 19.6 Å². The quantitative estimate of drug-likeness (QED) is 0.226. The number of ether oxygens (including phenoxy) is 1. The monoisotopic (exact) mass is 611 g/mol. The SMILES string of the molecule is CCc1c[c-]ccc1Nc1ncc(C(F)(F)F)c(NCCCN2CCOCCC2=O)n1.[CH2-]CN(C[CH2-])C1CCN(C)CC1.[Li+]. The van der Waals surface area contributed by atoms with Gasteiger partial charge in [-0.25, -0.2) is 4.98 Å². The summed E-state index contributed by atoms with van der Waals surface area (Å²) in [6, 6.07) is 8.99. The molecule has 0 aliphatic carbocycles. The molecule has 44 heavy (non-hydrogen) atoms. The fourth-order valence-corrected chi connectivity index (χ4v) is 5.05. The van der Waals surface area contributed by atoms with Gasteiger partial charge in [-0.3, -0.25) is 4.79 Å². The molecule has 2 aromatic rings. The Balaban J connectivity index is 0.000000437. The number of anilines is 3. The third kappa shape index (κ3) is 11.9.